The van der Waals surface area contributed by atoms with Crippen LogP contribution in [0.15, 0.2) is 59.8 Å². The monoisotopic (exact) mass is 467 g/mol. The largest absolute Gasteiger partial charge is 0.435 e. The molecule has 0 unspecified atom stereocenters. The van der Waals surface area contributed by atoms with E-state index in [1.54, 1.807) is 0 Å². The van der Waals surface area contributed by atoms with E-state index >= 15 is 0 Å². The van der Waals surface area contributed by atoms with E-state index in [2.05, 4.69) is 15.1 Å². The first-order valence-electron chi connectivity index (χ1n) is 9.07. The molecule has 0 spiro atoms. The summed E-state index contributed by atoms with van der Waals surface area (Å²) in [4.78, 5) is 29.9. The van der Waals surface area contributed by atoms with Gasteiger partial charge in [0.25, 0.3) is 11.5 Å². The van der Waals surface area contributed by atoms with Crippen molar-refractivity contribution in [2.45, 2.75) is 12.4 Å². The van der Waals surface area contributed by atoms with E-state index in [1.807, 2.05) is 5.32 Å². The lowest BCUT2D eigenvalue weighted by Gasteiger charge is -2.15. The highest BCUT2D eigenvalue weighted by molar-refractivity contribution is 6.04. The van der Waals surface area contributed by atoms with Gasteiger partial charge in [-0.25, -0.2) is 4.68 Å². The molecule has 0 bridgehead atoms. The molecule has 1 amide bonds. The lowest BCUT2D eigenvalue weighted by molar-refractivity contribution is -0.142. The molecule has 0 saturated carbocycles. The van der Waals surface area contributed by atoms with E-state index in [9.17, 15) is 35.9 Å². The molecule has 170 valence electrons. The van der Waals surface area contributed by atoms with Gasteiger partial charge in [0.15, 0.2) is 5.69 Å². The molecule has 3 heterocycles. The maximum atomic E-state index is 13.9. The topological polar surface area (TPSA) is 92.7 Å². The van der Waals surface area contributed by atoms with Crippen molar-refractivity contribution in [3.63, 3.8) is 0 Å². The Morgan fingerprint density at radius 3 is 2.45 bits per heavy atom. The summed E-state index contributed by atoms with van der Waals surface area (Å²) in [6, 6.07) is 6.82. The minimum absolute atomic E-state index is 0.0882. The number of nitrogens with zero attached hydrogens (tertiary/aromatic N) is 3. The molecule has 0 atom stereocenters. The van der Waals surface area contributed by atoms with Gasteiger partial charge in [0.1, 0.15) is 5.69 Å². The molecule has 1 aromatic carbocycles. The number of carbonyl (C=O) groups is 1. The SMILES string of the molecule is O=C(Nc1cnn(-c2cccc3c(=O)[nH]ccc23)c1C(F)(F)F)c1ccnc(C(F)(F)F)c1. The molecule has 7 nitrogen and oxygen atoms in total. The minimum Gasteiger partial charge on any atom is -0.329 e. The molecule has 4 aromatic rings. The zero-order valence-corrected chi connectivity index (χ0v) is 16.1. The normalized spacial score (nSPS) is 12.2. The number of fused-ring (bicyclic) bond motifs is 1. The lowest BCUT2D eigenvalue weighted by atomic mass is 10.1. The third-order valence-electron chi connectivity index (χ3n) is 4.62. The van der Waals surface area contributed by atoms with Gasteiger partial charge in [-0.1, -0.05) is 6.07 Å². The smallest absolute Gasteiger partial charge is 0.329 e. The number of benzene rings is 1. The van der Waals surface area contributed by atoms with Crippen molar-refractivity contribution in [1.29, 1.82) is 0 Å². The Balaban J connectivity index is 1.80. The van der Waals surface area contributed by atoms with Crippen molar-refractivity contribution in [2.24, 2.45) is 0 Å². The molecule has 0 aliphatic carbocycles. The molecule has 3 aromatic heterocycles. The quantitative estimate of drug-likeness (QED) is 0.437. The average molecular weight is 467 g/mol. The van der Waals surface area contributed by atoms with E-state index in [0.717, 1.165) is 18.5 Å². The van der Waals surface area contributed by atoms with Crippen LogP contribution in [-0.4, -0.2) is 25.7 Å². The number of rotatable bonds is 3. The molecule has 0 aliphatic heterocycles. The first-order valence-corrected chi connectivity index (χ1v) is 9.07. The Hall–Kier alpha value is -4.16. The molecule has 0 aliphatic rings. The van der Waals surface area contributed by atoms with E-state index in [1.165, 1.54) is 30.5 Å². The number of amides is 1. The van der Waals surface area contributed by atoms with Gasteiger partial charge in [-0.15, -0.1) is 0 Å². The Labute approximate surface area is 179 Å². The number of hydrogen-bond acceptors (Lipinski definition) is 4. The number of nitrogens with one attached hydrogen (secondary N) is 2. The number of aromatic nitrogens is 4. The fourth-order valence-electron chi connectivity index (χ4n) is 3.21. The van der Waals surface area contributed by atoms with Gasteiger partial charge in [0.2, 0.25) is 0 Å². The maximum Gasteiger partial charge on any atom is 0.435 e. The lowest BCUT2D eigenvalue weighted by Crippen LogP contribution is -2.20. The zero-order chi connectivity index (χ0) is 24.0. The second-order valence-corrected chi connectivity index (χ2v) is 6.74. The Kier molecular flexibility index (Phi) is 5.18. The van der Waals surface area contributed by atoms with Crippen LogP contribution in [0.1, 0.15) is 21.7 Å². The van der Waals surface area contributed by atoms with Crippen molar-refractivity contribution in [3.05, 3.63) is 82.3 Å². The van der Waals surface area contributed by atoms with Crippen LogP contribution in [0.25, 0.3) is 16.5 Å². The van der Waals surface area contributed by atoms with Gasteiger partial charge in [0.05, 0.1) is 17.6 Å². The van der Waals surface area contributed by atoms with Crippen molar-refractivity contribution in [1.82, 2.24) is 19.7 Å². The molecule has 0 saturated heterocycles. The van der Waals surface area contributed by atoms with Crippen LogP contribution < -0.4 is 10.9 Å². The summed E-state index contributed by atoms with van der Waals surface area (Å²) < 4.78 is 80.9. The number of pyridine rings is 2. The number of hydrogen-bond donors (Lipinski definition) is 2. The Morgan fingerprint density at radius 1 is 1.00 bits per heavy atom. The summed E-state index contributed by atoms with van der Waals surface area (Å²) in [5.41, 5.74) is -4.69. The number of H-pyrrole nitrogens is 1. The zero-order valence-electron chi connectivity index (χ0n) is 16.1. The Bertz CT molecular complexity index is 1420. The summed E-state index contributed by atoms with van der Waals surface area (Å²) in [5.74, 6) is -1.22. The molecule has 0 radical (unpaired) electrons. The van der Waals surface area contributed by atoms with Gasteiger partial charge in [-0.3, -0.25) is 14.6 Å². The van der Waals surface area contributed by atoms with Gasteiger partial charge in [0, 0.05) is 28.7 Å². The summed E-state index contributed by atoms with van der Waals surface area (Å²) in [5, 5.41) is 5.95. The minimum atomic E-state index is -5.02. The molecular formula is C20H11F6N5O2. The first-order chi connectivity index (χ1) is 15.5. The van der Waals surface area contributed by atoms with Crippen molar-refractivity contribution in [3.8, 4) is 5.69 Å². The fourth-order valence-corrected chi connectivity index (χ4v) is 3.21. The van der Waals surface area contributed by atoms with Gasteiger partial charge in [-0.2, -0.15) is 31.4 Å². The fraction of sp³-hybridized carbons (Fsp3) is 0.100. The molecule has 13 heteroatoms. The molecule has 4 rings (SSSR count). The van der Waals surface area contributed by atoms with Gasteiger partial charge in [-0.05, 0) is 30.3 Å². The van der Waals surface area contributed by atoms with Crippen LogP contribution in [0.4, 0.5) is 32.0 Å². The van der Waals surface area contributed by atoms with Crippen molar-refractivity contribution < 1.29 is 31.1 Å². The maximum absolute atomic E-state index is 13.9. The van der Waals surface area contributed by atoms with Gasteiger partial charge >= 0.3 is 12.4 Å². The molecule has 33 heavy (non-hydrogen) atoms. The average Bonchev–Trinajstić information content (AvgIpc) is 3.17. The van der Waals surface area contributed by atoms with Crippen LogP contribution in [0.5, 0.6) is 0 Å². The van der Waals surface area contributed by atoms with E-state index in [4.69, 9.17) is 0 Å². The van der Waals surface area contributed by atoms with E-state index < -0.39 is 46.5 Å². The highest BCUT2D eigenvalue weighted by atomic mass is 19.4. The second kappa shape index (κ2) is 7.76. The van der Waals surface area contributed by atoms with Crippen LogP contribution in [0.3, 0.4) is 0 Å². The second-order valence-electron chi connectivity index (χ2n) is 6.74. The van der Waals surface area contributed by atoms with Crippen LogP contribution in [0, 0.1) is 0 Å². The summed E-state index contributed by atoms with van der Waals surface area (Å²) in [6.07, 6.45) is -7.16. The number of carbonyl (C=O) groups excluding carboxylic acids is 1. The third-order valence-corrected chi connectivity index (χ3v) is 4.62. The van der Waals surface area contributed by atoms with Crippen molar-refractivity contribution in [2.75, 3.05) is 5.32 Å². The number of aromatic amines is 1. The standard InChI is InChI=1S/C20H11F6N5O2/c21-19(22,23)15-8-10(4-6-27-15)17(32)30-13-9-29-31(16(13)20(24,25)26)14-3-1-2-12-11(14)5-7-28-18(12)33/h1-9H,(H,28,33)(H,30,32). The van der Waals surface area contributed by atoms with Crippen LogP contribution >= 0.6 is 0 Å². The highest BCUT2D eigenvalue weighted by Crippen LogP contribution is 2.37. The summed E-state index contributed by atoms with van der Waals surface area (Å²) in [7, 11) is 0. The number of anilines is 1. The predicted molar refractivity (Wildman–Crippen MR) is 104 cm³/mol. The van der Waals surface area contributed by atoms with Gasteiger partial charge < -0.3 is 10.3 Å². The van der Waals surface area contributed by atoms with Crippen LogP contribution in [-0.2, 0) is 12.4 Å². The van der Waals surface area contributed by atoms with E-state index in [0.29, 0.717) is 10.7 Å². The number of halogens is 6. The molecule has 2 N–H and O–H groups in total. The predicted octanol–water partition coefficient (Wildman–Crippen LogP) is 4.40. The summed E-state index contributed by atoms with van der Waals surface area (Å²) >= 11 is 0. The first kappa shape index (κ1) is 22.0. The highest BCUT2D eigenvalue weighted by Gasteiger charge is 2.40. The summed E-state index contributed by atoms with van der Waals surface area (Å²) in [6.45, 7) is 0. The number of alkyl halides is 6. The Morgan fingerprint density at radius 2 is 1.76 bits per heavy atom. The molecular weight excluding hydrogens is 456 g/mol. The van der Waals surface area contributed by atoms with Crippen LogP contribution in [0.2, 0.25) is 0 Å². The molecule has 0 fully saturated rings. The van der Waals surface area contributed by atoms with Crippen molar-refractivity contribution >= 4 is 22.4 Å². The third kappa shape index (κ3) is 4.16. The van der Waals surface area contributed by atoms with E-state index in [-0.39, 0.29) is 16.5 Å².